The summed E-state index contributed by atoms with van der Waals surface area (Å²) in [6.07, 6.45) is 11.2. The minimum Gasteiger partial charge on any atom is -0.313 e. The molecule has 0 radical (unpaired) electrons. The summed E-state index contributed by atoms with van der Waals surface area (Å²) in [4.78, 5) is 0. The van der Waals surface area contributed by atoms with Crippen LogP contribution in [0.2, 0.25) is 0 Å². The number of hydrogen-bond acceptors (Lipinski definition) is 2. The van der Waals surface area contributed by atoms with E-state index in [1.807, 2.05) is 0 Å². The first kappa shape index (κ1) is 10.0. The van der Waals surface area contributed by atoms with E-state index in [4.69, 9.17) is 11.5 Å². The first-order chi connectivity index (χ1) is 5.71. The van der Waals surface area contributed by atoms with E-state index < -0.39 is 0 Å². The van der Waals surface area contributed by atoms with E-state index in [9.17, 15) is 0 Å². The van der Waals surface area contributed by atoms with Crippen LogP contribution in [0.4, 0.5) is 0 Å². The van der Waals surface area contributed by atoms with Gasteiger partial charge in [0.2, 0.25) is 0 Å². The van der Waals surface area contributed by atoms with E-state index in [2.05, 4.69) is 0 Å². The fraction of sp³-hybridized carbons (Fsp3) is 1.00. The minimum atomic E-state index is -0.364. The standard InChI is InChI=1S/C10H22N2/c11-10(12)8-6-4-2-1-3-5-7-9-10/h1-9,11-12H2. The maximum atomic E-state index is 5.95. The van der Waals surface area contributed by atoms with Crippen LogP contribution in [-0.4, -0.2) is 5.66 Å². The summed E-state index contributed by atoms with van der Waals surface area (Å²) in [5.74, 6) is 0. The van der Waals surface area contributed by atoms with E-state index in [0.717, 1.165) is 12.8 Å². The first-order valence-corrected chi connectivity index (χ1v) is 5.28. The van der Waals surface area contributed by atoms with Gasteiger partial charge in [-0.1, -0.05) is 44.9 Å². The molecule has 0 aromatic carbocycles. The Hall–Kier alpha value is -0.0800. The second-order valence-corrected chi connectivity index (χ2v) is 4.21. The molecule has 1 rings (SSSR count). The van der Waals surface area contributed by atoms with Gasteiger partial charge in [0.25, 0.3) is 0 Å². The molecule has 1 fully saturated rings. The molecule has 1 saturated carbocycles. The molecule has 4 N–H and O–H groups in total. The van der Waals surface area contributed by atoms with Crippen LogP contribution in [0.1, 0.15) is 57.8 Å². The van der Waals surface area contributed by atoms with Gasteiger partial charge < -0.3 is 11.5 Å². The van der Waals surface area contributed by atoms with Crippen LogP contribution in [-0.2, 0) is 0 Å². The minimum absolute atomic E-state index is 0.364. The summed E-state index contributed by atoms with van der Waals surface area (Å²) in [6, 6.07) is 0. The van der Waals surface area contributed by atoms with Crippen molar-refractivity contribution in [2.24, 2.45) is 11.5 Å². The monoisotopic (exact) mass is 170 g/mol. The normalized spacial score (nSPS) is 26.5. The van der Waals surface area contributed by atoms with Crippen molar-refractivity contribution in [2.75, 3.05) is 0 Å². The zero-order chi connectivity index (χ0) is 8.86. The van der Waals surface area contributed by atoms with Crippen molar-refractivity contribution in [3.63, 3.8) is 0 Å². The predicted octanol–water partition coefficient (Wildman–Crippen LogP) is 2.12. The predicted molar refractivity (Wildman–Crippen MR) is 52.7 cm³/mol. The zero-order valence-corrected chi connectivity index (χ0v) is 8.02. The summed E-state index contributed by atoms with van der Waals surface area (Å²) in [5.41, 5.74) is 11.5. The molecule has 1 aliphatic rings. The fourth-order valence-electron chi connectivity index (χ4n) is 1.92. The Kier molecular flexibility index (Phi) is 4.02. The Labute approximate surface area is 75.7 Å². The van der Waals surface area contributed by atoms with Gasteiger partial charge in [-0.3, -0.25) is 0 Å². The molecule has 2 nitrogen and oxygen atoms in total. The lowest BCUT2D eigenvalue weighted by molar-refractivity contribution is 0.336. The molecule has 0 heterocycles. The summed E-state index contributed by atoms with van der Waals surface area (Å²) >= 11 is 0. The van der Waals surface area contributed by atoms with Crippen molar-refractivity contribution in [1.82, 2.24) is 0 Å². The Bertz CT molecular complexity index is 109. The average molecular weight is 170 g/mol. The molecule has 0 amide bonds. The lowest BCUT2D eigenvalue weighted by Gasteiger charge is -2.25. The van der Waals surface area contributed by atoms with Gasteiger partial charge >= 0.3 is 0 Å². The van der Waals surface area contributed by atoms with Crippen molar-refractivity contribution in [3.8, 4) is 0 Å². The number of rotatable bonds is 0. The van der Waals surface area contributed by atoms with Crippen LogP contribution in [0.25, 0.3) is 0 Å². The fourth-order valence-corrected chi connectivity index (χ4v) is 1.92. The molecule has 12 heavy (non-hydrogen) atoms. The second-order valence-electron chi connectivity index (χ2n) is 4.21. The van der Waals surface area contributed by atoms with E-state index in [0.29, 0.717) is 0 Å². The molecule has 0 unspecified atom stereocenters. The van der Waals surface area contributed by atoms with Gasteiger partial charge in [-0.15, -0.1) is 0 Å². The highest BCUT2D eigenvalue weighted by atomic mass is 14.9. The van der Waals surface area contributed by atoms with Crippen LogP contribution >= 0.6 is 0 Å². The highest BCUT2D eigenvalue weighted by Gasteiger charge is 2.17. The largest absolute Gasteiger partial charge is 0.313 e. The van der Waals surface area contributed by atoms with Crippen molar-refractivity contribution in [1.29, 1.82) is 0 Å². The van der Waals surface area contributed by atoms with Crippen molar-refractivity contribution >= 4 is 0 Å². The molecular formula is C10H22N2. The molecule has 0 aromatic heterocycles. The zero-order valence-electron chi connectivity index (χ0n) is 8.02. The van der Waals surface area contributed by atoms with E-state index in [1.54, 1.807) is 0 Å². The van der Waals surface area contributed by atoms with Gasteiger partial charge in [0.15, 0.2) is 0 Å². The lowest BCUT2D eigenvalue weighted by atomic mass is 9.94. The maximum Gasteiger partial charge on any atom is 0.0636 e. The maximum absolute atomic E-state index is 5.95. The third-order valence-electron chi connectivity index (χ3n) is 2.78. The van der Waals surface area contributed by atoms with Crippen LogP contribution in [0.3, 0.4) is 0 Å². The summed E-state index contributed by atoms with van der Waals surface area (Å²) < 4.78 is 0. The first-order valence-electron chi connectivity index (χ1n) is 5.28. The van der Waals surface area contributed by atoms with Gasteiger partial charge in [0.05, 0.1) is 5.66 Å². The molecule has 72 valence electrons. The number of hydrogen-bond donors (Lipinski definition) is 2. The molecule has 0 aliphatic heterocycles. The summed E-state index contributed by atoms with van der Waals surface area (Å²) in [5, 5.41) is 0. The molecule has 0 saturated heterocycles. The molecule has 1 aliphatic carbocycles. The van der Waals surface area contributed by atoms with Crippen molar-refractivity contribution in [3.05, 3.63) is 0 Å². The van der Waals surface area contributed by atoms with Gasteiger partial charge in [-0.25, -0.2) is 0 Å². The Morgan fingerprint density at radius 2 is 0.917 bits per heavy atom. The van der Waals surface area contributed by atoms with Crippen LogP contribution in [0.15, 0.2) is 0 Å². The topological polar surface area (TPSA) is 52.0 Å². The Morgan fingerprint density at radius 1 is 0.583 bits per heavy atom. The Balaban J connectivity index is 2.27. The molecular weight excluding hydrogens is 148 g/mol. The lowest BCUT2D eigenvalue weighted by Crippen LogP contribution is -2.49. The Morgan fingerprint density at radius 3 is 1.33 bits per heavy atom. The molecule has 0 bridgehead atoms. The van der Waals surface area contributed by atoms with Gasteiger partial charge in [-0.05, 0) is 12.8 Å². The van der Waals surface area contributed by atoms with Gasteiger partial charge in [0.1, 0.15) is 0 Å². The highest BCUT2D eigenvalue weighted by Crippen LogP contribution is 2.19. The SMILES string of the molecule is NC1(N)CCCCCCCCC1. The smallest absolute Gasteiger partial charge is 0.0636 e. The third kappa shape index (κ3) is 4.07. The summed E-state index contributed by atoms with van der Waals surface area (Å²) in [7, 11) is 0. The van der Waals surface area contributed by atoms with Crippen molar-refractivity contribution in [2.45, 2.75) is 63.5 Å². The highest BCUT2D eigenvalue weighted by molar-refractivity contribution is 4.76. The van der Waals surface area contributed by atoms with Crippen LogP contribution in [0, 0.1) is 0 Å². The average Bonchev–Trinajstić information content (AvgIpc) is 2.02. The third-order valence-corrected chi connectivity index (χ3v) is 2.78. The van der Waals surface area contributed by atoms with E-state index in [1.165, 1.54) is 44.9 Å². The molecule has 0 spiro atoms. The molecule has 0 atom stereocenters. The van der Waals surface area contributed by atoms with Gasteiger partial charge in [-0.2, -0.15) is 0 Å². The van der Waals surface area contributed by atoms with Gasteiger partial charge in [0, 0.05) is 0 Å². The number of nitrogens with two attached hydrogens (primary N) is 2. The molecule has 0 aromatic rings. The summed E-state index contributed by atoms with van der Waals surface area (Å²) in [6.45, 7) is 0. The van der Waals surface area contributed by atoms with Crippen LogP contribution in [0.5, 0.6) is 0 Å². The quantitative estimate of drug-likeness (QED) is 0.547. The van der Waals surface area contributed by atoms with Crippen LogP contribution < -0.4 is 11.5 Å². The van der Waals surface area contributed by atoms with Crippen molar-refractivity contribution < 1.29 is 0 Å². The second kappa shape index (κ2) is 4.83. The van der Waals surface area contributed by atoms with E-state index >= 15 is 0 Å². The molecule has 2 heteroatoms. The van der Waals surface area contributed by atoms with E-state index in [-0.39, 0.29) is 5.66 Å².